The van der Waals surface area contributed by atoms with Crippen molar-refractivity contribution in [2.75, 3.05) is 7.05 Å². The van der Waals surface area contributed by atoms with E-state index < -0.39 is 0 Å². The zero-order valence-corrected chi connectivity index (χ0v) is 10.9. The lowest BCUT2D eigenvalue weighted by molar-refractivity contribution is 0.463. The Morgan fingerprint density at radius 2 is 2.40 bits per heavy atom. The number of furan rings is 1. The standard InChI is InChI=1S/C10H11BrN2OS/c1-6-10(15-5-13-6)8(12-2)9-7(11)3-4-14-9/h3-5,8,12H,1-2H3. The van der Waals surface area contributed by atoms with Crippen LogP contribution in [0, 0.1) is 6.92 Å². The fourth-order valence-corrected chi connectivity index (χ4v) is 2.82. The predicted molar refractivity (Wildman–Crippen MR) is 64.2 cm³/mol. The maximum Gasteiger partial charge on any atom is 0.140 e. The predicted octanol–water partition coefficient (Wildman–Crippen LogP) is 3.12. The van der Waals surface area contributed by atoms with Crippen molar-refractivity contribution in [3.63, 3.8) is 0 Å². The van der Waals surface area contributed by atoms with Gasteiger partial charge in [0.25, 0.3) is 0 Å². The highest BCUT2D eigenvalue weighted by atomic mass is 79.9. The largest absolute Gasteiger partial charge is 0.466 e. The molecular weight excluding hydrogens is 276 g/mol. The normalized spacial score (nSPS) is 13.0. The van der Waals surface area contributed by atoms with E-state index in [1.54, 1.807) is 17.6 Å². The van der Waals surface area contributed by atoms with Gasteiger partial charge in [-0.3, -0.25) is 0 Å². The summed E-state index contributed by atoms with van der Waals surface area (Å²) in [5, 5.41) is 3.24. The van der Waals surface area contributed by atoms with E-state index in [4.69, 9.17) is 4.42 Å². The van der Waals surface area contributed by atoms with E-state index in [0.29, 0.717) is 0 Å². The molecule has 0 bridgehead atoms. The lowest BCUT2D eigenvalue weighted by atomic mass is 10.1. The van der Waals surface area contributed by atoms with Gasteiger partial charge in [0.05, 0.1) is 26.8 Å². The number of nitrogens with zero attached hydrogens (tertiary/aromatic N) is 1. The number of hydrogen-bond donors (Lipinski definition) is 1. The highest BCUT2D eigenvalue weighted by molar-refractivity contribution is 9.10. The summed E-state index contributed by atoms with van der Waals surface area (Å²) in [5.74, 6) is 0.893. The first kappa shape index (κ1) is 10.9. The smallest absolute Gasteiger partial charge is 0.140 e. The molecular formula is C10H11BrN2OS. The lowest BCUT2D eigenvalue weighted by Crippen LogP contribution is -2.17. The van der Waals surface area contributed by atoms with Crippen molar-refractivity contribution < 1.29 is 4.42 Å². The molecule has 1 unspecified atom stereocenters. The number of rotatable bonds is 3. The van der Waals surface area contributed by atoms with Crippen molar-refractivity contribution in [1.82, 2.24) is 10.3 Å². The summed E-state index contributed by atoms with van der Waals surface area (Å²) in [7, 11) is 1.92. The van der Waals surface area contributed by atoms with E-state index in [1.807, 2.05) is 25.5 Å². The summed E-state index contributed by atoms with van der Waals surface area (Å²) in [4.78, 5) is 5.43. The minimum absolute atomic E-state index is 0.0712. The fourth-order valence-electron chi connectivity index (χ4n) is 1.48. The fraction of sp³-hybridized carbons (Fsp3) is 0.300. The summed E-state index contributed by atoms with van der Waals surface area (Å²) < 4.78 is 6.45. The molecule has 0 radical (unpaired) electrons. The Morgan fingerprint density at radius 1 is 1.60 bits per heavy atom. The minimum atomic E-state index is 0.0712. The molecule has 0 fully saturated rings. The second kappa shape index (κ2) is 4.47. The van der Waals surface area contributed by atoms with Crippen molar-refractivity contribution in [2.24, 2.45) is 0 Å². The van der Waals surface area contributed by atoms with Crippen molar-refractivity contribution in [1.29, 1.82) is 0 Å². The summed E-state index contributed by atoms with van der Waals surface area (Å²) in [6, 6.07) is 1.97. The average Bonchev–Trinajstić information content (AvgIpc) is 2.80. The Bertz CT molecular complexity index is 411. The maximum absolute atomic E-state index is 5.47. The van der Waals surface area contributed by atoms with Crippen LogP contribution in [0.15, 0.2) is 26.7 Å². The number of aryl methyl sites for hydroxylation is 1. The zero-order valence-electron chi connectivity index (χ0n) is 8.45. The van der Waals surface area contributed by atoms with Gasteiger partial charge < -0.3 is 9.73 Å². The average molecular weight is 287 g/mol. The minimum Gasteiger partial charge on any atom is -0.466 e. The quantitative estimate of drug-likeness (QED) is 0.942. The van der Waals surface area contributed by atoms with Gasteiger partial charge in [-0.25, -0.2) is 4.98 Å². The van der Waals surface area contributed by atoms with E-state index in [2.05, 4.69) is 26.2 Å². The van der Waals surface area contributed by atoms with Crippen LogP contribution in [-0.2, 0) is 0 Å². The van der Waals surface area contributed by atoms with E-state index in [1.165, 1.54) is 4.88 Å². The van der Waals surface area contributed by atoms with E-state index in [9.17, 15) is 0 Å². The van der Waals surface area contributed by atoms with E-state index >= 15 is 0 Å². The number of halogens is 1. The van der Waals surface area contributed by atoms with Gasteiger partial charge >= 0.3 is 0 Å². The van der Waals surface area contributed by atoms with Crippen molar-refractivity contribution in [2.45, 2.75) is 13.0 Å². The lowest BCUT2D eigenvalue weighted by Gasteiger charge is -2.12. The van der Waals surface area contributed by atoms with E-state index in [-0.39, 0.29) is 6.04 Å². The number of nitrogens with one attached hydrogen (secondary N) is 1. The molecule has 0 aromatic carbocycles. The molecule has 0 saturated carbocycles. The molecule has 2 aromatic rings. The summed E-state index contributed by atoms with van der Waals surface area (Å²) >= 11 is 5.10. The highest BCUT2D eigenvalue weighted by Gasteiger charge is 2.21. The van der Waals surface area contributed by atoms with Gasteiger partial charge in [0.15, 0.2) is 0 Å². The zero-order chi connectivity index (χ0) is 10.8. The molecule has 0 amide bonds. The first-order chi connectivity index (χ1) is 7.24. The van der Waals surface area contributed by atoms with Gasteiger partial charge in [0.2, 0.25) is 0 Å². The topological polar surface area (TPSA) is 38.1 Å². The SMILES string of the molecule is CNC(c1occc1Br)c1scnc1C. The first-order valence-electron chi connectivity index (χ1n) is 4.54. The molecule has 2 rings (SSSR count). The summed E-state index contributed by atoms with van der Waals surface area (Å²) in [6.07, 6.45) is 1.68. The third-order valence-corrected chi connectivity index (χ3v) is 3.89. The van der Waals surface area contributed by atoms with Gasteiger partial charge in [-0.05, 0) is 36.0 Å². The Labute approximate surface area is 101 Å². The van der Waals surface area contributed by atoms with Crippen LogP contribution in [-0.4, -0.2) is 12.0 Å². The number of hydrogen-bond acceptors (Lipinski definition) is 4. The monoisotopic (exact) mass is 286 g/mol. The van der Waals surface area contributed by atoms with Gasteiger partial charge in [0, 0.05) is 0 Å². The van der Waals surface area contributed by atoms with Gasteiger partial charge in [-0.1, -0.05) is 0 Å². The summed E-state index contributed by atoms with van der Waals surface area (Å²) in [6.45, 7) is 2.01. The Morgan fingerprint density at radius 3 is 2.87 bits per heavy atom. The molecule has 2 heterocycles. The van der Waals surface area contributed by atoms with Gasteiger partial charge in [-0.2, -0.15) is 0 Å². The molecule has 3 nitrogen and oxygen atoms in total. The molecule has 2 aromatic heterocycles. The van der Waals surface area contributed by atoms with Crippen LogP contribution in [0.3, 0.4) is 0 Å². The van der Waals surface area contributed by atoms with Crippen LogP contribution in [0.5, 0.6) is 0 Å². The van der Waals surface area contributed by atoms with E-state index in [0.717, 1.165) is 15.9 Å². The number of thiazole rings is 1. The highest BCUT2D eigenvalue weighted by Crippen LogP contribution is 2.32. The second-order valence-corrected chi connectivity index (χ2v) is 4.90. The molecule has 15 heavy (non-hydrogen) atoms. The molecule has 80 valence electrons. The number of aromatic nitrogens is 1. The molecule has 5 heteroatoms. The van der Waals surface area contributed by atoms with Crippen LogP contribution < -0.4 is 5.32 Å². The van der Waals surface area contributed by atoms with Crippen molar-refractivity contribution >= 4 is 27.3 Å². The van der Waals surface area contributed by atoms with Crippen molar-refractivity contribution in [3.05, 3.63) is 38.6 Å². The third-order valence-electron chi connectivity index (χ3n) is 2.24. The Kier molecular flexibility index (Phi) is 3.23. The molecule has 1 N–H and O–H groups in total. The van der Waals surface area contributed by atoms with Crippen LogP contribution in [0.4, 0.5) is 0 Å². The van der Waals surface area contributed by atoms with Crippen LogP contribution in [0.1, 0.15) is 22.4 Å². The van der Waals surface area contributed by atoms with Crippen molar-refractivity contribution in [3.8, 4) is 0 Å². The van der Waals surface area contributed by atoms with Crippen LogP contribution in [0.2, 0.25) is 0 Å². The molecule has 0 spiro atoms. The first-order valence-corrected chi connectivity index (χ1v) is 6.21. The third kappa shape index (κ3) is 2.00. The molecule has 0 aliphatic carbocycles. The molecule has 1 atom stereocenters. The molecule has 0 saturated heterocycles. The van der Waals surface area contributed by atoms with Gasteiger partial charge in [0.1, 0.15) is 11.8 Å². The Hall–Kier alpha value is -0.650. The maximum atomic E-state index is 5.47. The van der Waals surface area contributed by atoms with Gasteiger partial charge in [-0.15, -0.1) is 11.3 Å². The Balaban J connectivity index is 2.41. The molecule has 0 aliphatic rings. The molecule has 0 aliphatic heterocycles. The van der Waals surface area contributed by atoms with Crippen LogP contribution in [0.25, 0.3) is 0 Å². The summed E-state index contributed by atoms with van der Waals surface area (Å²) in [5.41, 5.74) is 2.90. The van der Waals surface area contributed by atoms with Crippen LogP contribution >= 0.6 is 27.3 Å². The second-order valence-electron chi connectivity index (χ2n) is 3.16.